The smallest absolute Gasteiger partial charge is 0.311 e. The van der Waals surface area contributed by atoms with Gasteiger partial charge in [0.2, 0.25) is 0 Å². The molecule has 20 heavy (non-hydrogen) atoms. The van der Waals surface area contributed by atoms with Gasteiger partial charge in [0.1, 0.15) is 5.69 Å². The number of rotatable bonds is 4. The first-order valence-corrected chi connectivity index (χ1v) is 7.16. The second-order valence-corrected chi connectivity index (χ2v) is 6.12. The number of carbonyl (C=O) groups excluding carboxylic acids is 1. The van der Waals surface area contributed by atoms with Gasteiger partial charge in [-0.3, -0.25) is 9.59 Å². The topological polar surface area (TPSA) is 82.2 Å². The van der Waals surface area contributed by atoms with Crippen LogP contribution >= 0.6 is 11.6 Å². The lowest BCUT2D eigenvalue weighted by Gasteiger charge is -2.35. The molecule has 3 N–H and O–H groups in total. The summed E-state index contributed by atoms with van der Waals surface area (Å²) in [5.74, 6) is -0.592. The van der Waals surface area contributed by atoms with E-state index in [4.69, 9.17) is 11.6 Å². The molecule has 1 aliphatic carbocycles. The number of hydrogen-bond donors (Lipinski definition) is 3. The number of carbonyl (C=O) groups is 2. The summed E-state index contributed by atoms with van der Waals surface area (Å²) < 4.78 is 0. The van der Waals surface area contributed by atoms with Crippen LogP contribution in [0.15, 0.2) is 12.3 Å². The average molecular weight is 299 g/mol. The van der Waals surface area contributed by atoms with Crippen LogP contribution in [0.5, 0.6) is 0 Å². The van der Waals surface area contributed by atoms with Crippen LogP contribution in [0, 0.1) is 11.3 Å². The lowest BCUT2D eigenvalue weighted by molar-refractivity contribution is -0.151. The molecule has 0 aromatic carbocycles. The molecule has 6 heteroatoms. The normalized spacial score (nSPS) is 26.2. The Balaban J connectivity index is 1.99. The van der Waals surface area contributed by atoms with Crippen LogP contribution < -0.4 is 5.32 Å². The zero-order valence-corrected chi connectivity index (χ0v) is 12.2. The molecule has 0 aliphatic heterocycles. The van der Waals surface area contributed by atoms with Gasteiger partial charge in [-0.1, -0.05) is 18.5 Å². The van der Waals surface area contributed by atoms with Crippen molar-refractivity contribution in [1.29, 1.82) is 0 Å². The van der Waals surface area contributed by atoms with Crippen LogP contribution in [0.2, 0.25) is 5.02 Å². The standard InChI is InChI=1S/C14H19ClN2O3/c1-9-2-4-14(5-3-9,13(19)20)8-17-12(18)11-6-10(15)7-16-11/h6-7,9,16H,2-5,8H2,1H3,(H,17,18)(H,19,20). The number of aromatic amines is 1. The number of aliphatic carboxylic acids is 1. The molecule has 1 saturated carbocycles. The van der Waals surface area contributed by atoms with Gasteiger partial charge in [0.25, 0.3) is 5.91 Å². The minimum absolute atomic E-state index is 0.157. The number of hydrogen-bond acceptors (Lipinski definition) is 2. The van der Waals surface area contributed by atoms with Gasteiger partial charge in [-0.05, 0) is 37.7 Å². The van der Waals surface area contributed by atoms with Crippen molar-refractivity contribution in [3.05, 3.63) is 23.0 Å². The third-order valence-corrected chi connectivity index (χ3v) is 4.38. The maximum atomic E-state index is 11.9. The minimum atomic E-state index is -0.835. The van der Waals surface area contributed by atoms with E-state index in [-0.39, 0.29) is 12.5 Å². The molecule has 2 rings (SSSR count). The molecule has 1 fully saturated rings. The highest BCUT2D eigenvalue weighted by atomic mass is 35.5. The van der Waals surface area contributed by atoms with E-state index in [2.05, 4.69) is 17.2 Å². The fourth-order valence-corrected chi connectivity index (χ4v) is 2.79. The third kappa shape index (κ3) is 3.15. The van der Waals surface area contributed by atoms with Crippen molar-refractivity contribution in [2.75, 3.05) is 6.54 Å². The molecule has 1 heterocycles. The first-order chi connectivity index (χ1) is 9.43. The van der Waals surface area contributed by atoms with E-state index in [1.165, 1.54) is 12.3 Å². The number of aromatic nitrogens is 1. The summed E-state index contributed by atoms with van der Waals surface area (Å²) in [5, 5.41) is 12.6. The molecule has 0 spiro atoms. The van der Waals surface area contributed by atoms with Crippen molar-refractivity contribution >= 4 is 23.5 Å². The van der Waals surface area contributed by atoms with Crippen LogP contribution in [0.1, 0.15) is 43.1 Å². The second-order valence-electron chi connectivity index (χ2n) is 5.68. The Morgan fingerprint density at radius 3 is 2.65 bits per heavy atom. The van der Waals surface area contributed by atoms with Crippen molar-refractivity contribution in [1.82, 2.24) is 10.3 Å². The largest absolute Gasteiger partial charge is 0.481 e. The van der Waals surface area contributed by atoms with Gasteiger partial charge in [0.05, 0.1) is 10.4 Å². The fourth-order valence-electron chi connectivity index (χ4n) is 2.62. The summed E-state index contributed by atoms with van der Waals surface area (Å²) in [4.78, 5) is 26.2. The second kappa shape index (κ2) is 5.87. The zero-order chi connectivity index (χ0) is 14.8. The van der Waals surface area contributed by atoms with E-state index in [1.54, 1.807) is 0 Å². The lowest BCUT2D eigenvalue weighted by atomic mass is 9.71. The molecular weight excluding hydrogens is 280 g/mol. The summed E-state index contributed by atoms with van der Waals surface area (Å²) in [5.41, 5.74) is -0.488. The molecule has 0 unspecified atom stereocenters. The molecule has 0 bridgehead atoms. The predicted molar refractivity (Wildman–Crippen MR) is 75.8 cm³/mol. The van der Waals surface area contributed by atoms with Crippen LogP contribution in [0.4, 0.5) is 0 Å². The number of carboxylic acid groups (broad SMARTS) is 1. The molecule has 1 amide bonds. The van der Waals surface area contributed by atoms with Crippen molar-refractivity contribution < 1.29 is 14.7 Å². The Morgan fingerprint density at radius 2 is 2.15 bits per heavy atom. The van der Waals surface area contributed by atoms with Gasteiger partial charge in [-0.2, -0.15) is 0 Å². The molecule has 0 atom stereocenters. The summed E-state index contributed by atoms with van der Waals surface area (Å²) in [6.45, 7) is 2.29. The van der Waals surface area contributed by atoms with Crippen LogP contribution in [-0.4, -0.2) is 28.5 Å². The van der Waals surface area contributed by atoms with E-state index in [9.17, 15) is 14.7 Å². The van der Waals surface area contributed by atoms with Crippen LogP contribution in [-0.2, 0) is 4.79 Å². The van der Waals surface area contributed by atoms with Crippen LogP contribution in [0.25, 0.3) is 0 Å². The van der Waals surface area contributed by atoms with Gasteiger partial charge in [0.15, 0.2) is 0 Å². The molecular formula is C14H19ClN2O3. The van der Waals surface area contributed by atoms with Gasteiger partial charge in [-0.25, -0.2) is 0 Å². The third-order valence-electron chi connectivity index (χ3n) is 4.16. The average Bonchev–Trinajstić information content (AvgIpc) is 2.84. The van der Waals surface area contributed by atoms with E-state index in [1.807, 2.05) is 0 Å². The Bertz CT molecular complexity index is 504. The summed E-state index contributed by atoms with van der Waals surface area (Å²) in [6.07, 6.45) is 4.50. The highest BCUT2D eigenvalue weighted by Crippen LogP contribution is 2.38. The van der Waals surface area contributed by atoms with Gasteiger partial charge in [-0.15, -0.1) is 0 Å². The molecule has 0 radical (unpaired) electrons. The Kier molecular flexibility index (Phi) is 4.38. The Morgan fingerprint density at radius 1 is 1.50 bits per heavy atom. The monoisotopic (exact) mass is 298 g/mol. The predicted octanol–water partition coefficient (Wildman–Crippen LogP) is 2.68. The number of halogens is 1. The molecule has 1 aromatic rings. The molecule has 5 nitrogen and oxygen atoms in total. The van der Waals surface area contributed by atoms with Crippen LogP contribution in [0.3, 0.4) is 0 Å². The van der Waals surface area contributed by atoms with E-state index in [0.29, 0.717) is 29.5 Å². The van der Waals surface area contributed by atoms with Gasteiger partial charge in [0, 0.05) is 12.7 Å². The van der Waals surface area contributed by atoms with E-state index < -0.39 is 11.4 Å². The van der Waals surface area contributed by atoms with Gasteiger partial charge >= 0.3 is 5.97 Å². The lowest BCUT2D eigenvalue weighted by Crippen LogP contribution is -2.45. The number of carboxylic acids is 1. The number of H-pyrrole nitrogens is 1. The summed E-state index contributed by atoms with van der Waals surface area (Å²) >= 11 is 5.74. The van der Waals surface area contributed by atoms with Crippen molar-refractivity contribution in [2.24, 2.45) is 11.3 Å². The maximum absolute atomic E-state index is 11.9. The molecule has 0 saturated heterocycles. The summed E-state index contributed by atoms with van der Waals surface area (Å²) in [7, 11) is 0. The molecule has 1 aromatic heterocycles. The number of nitrogens with one attached hydrogen (secondary N) is 2. The SMILES string of the molecule is CC1CCC(CNC(=O)c2cc(Cl)c[nH]2)(C(=O)O)CC1. The molecule has 110 valence electrons. The zero-order valence-electron chi connectivity index (χ0n) is 11.4. The quantitative estimate of drug-likeness (QED) is 0.799. The maximum Gasteiger partial charge on any atom is 0.311 e. The van der Waals surface area contributed by atoms with E-state index >= 15 is 0 Å². The first kappa shape index (κ1) is 14.9. The van der Waals surface area contributed by atoms with E-state index in [0.717, 1.165) is 12.8 Å². The minimum Gasteiger partial charge on any atom is -0.481 e. The first-order valence-electron chi connectivity index (χ1n) is 6.78. The van der Waals surface area contributed by atoms with Crippen molar-refractivity contribution in [3.8, 4) is 0 Å². The summed E-state index contributed by atoms with van der Waals surface area (Å²) in [6, 6.07) is 1.52. The molecule has 1 aliphatic rings. The Labute approximate surface area is 122 Å². The van der Waals surface area contributed by atoms with Crippen molar-refractivity contribution in [3.63, 3.8) is 0 Å². The van der Waals surface area contributed by atoms with Gasteiger partial charge < -0.3 is 15.4 Å². The highest BCUT2D eigenvalue weighted by molar-refractivity contribution is 6.30. The highest BCUT2D eigenvalue weighted by Gasteiger charge is 2.41. The fraction of sp³-hybridized carbons (Fsp3) is 0.571. The number of amides is 1. The van der Waals surface area contributed by atoms with Crippen molar-refractivity contribution in [2.45, 2.75) is 32.6 Å². The Hall–Kier alpha value is -1.49.